The maximum absolute atomic E-state index is 10.8. The molecule has 0 radical (unpaired) electrons. The van der Waals surface area contributed by atoms with E-state index >= 15 is 0 Å². The molecule has 1 fully saturated rings. The van der Waals surface area contributed by atoms with Crippen molar-refractivity contribution in [3.63, 3.8) is 0 Å². The zero-order chi connectivity index (χ0) is 8.81. The maximum atomic E-state index is 10.8. The van der Waals surface area contributed by atoms with Crippen LogP contribution in [-0.4, -0.2) is 43.7 Å². The van der Waals surface area contributed by atoms with E-state index in [0.717, 1.165) is 32.8 Å². The first kappa shape index (κ1) is 9.44. The van der Waals surface area contributed by atoms with E-state index in [0.29, 0.717) is 6.42 Å². The van der Waals surface area contributed by atoms with Gasteiger partial charge in [-0.1, -0.05) is 0 Å². The predicted molar refractivity (Wildman–Crippen MR) is 44.2 cm³/mol. The second kappa shape index (κ2) is 5.08. The number of nitrogens with two attached hydrogens (primary N) is 1. The van der Waals surface area contributed by atoms with Crippen LogP contribution >= 0.6 is 0 Å². The summed E-state index contributed by atoms with van der Waals surface area (Å²) in [4.78, 5) is 13.0. The number of ether oxygens (including phenoxy) is 1. The van der Waals surface area contributed by atoms with Gasteiger partial charge in [-0.05, 0) is 0 Å². The number of nitrogens with one attached hydrogen (secondary N) is 1. The lowest BCUT2D eigenvalue weighted by Gasteiger charge is -2.25. The van der Waals surface area contributed by atoms with Gasteiger partial charge in [0, 0.05) is 26.1 Å². The van der Waals surface area contributed by atoms with Gasteiger partial charge in [-0.15, -0.1) is 0 Å². The molecule has 1 heterocycles. The summed E-state index contributed by atoms with van der Waals surface area (Å²) in [5.41, 5.74) is 2.11. The molecule has 1 aliphatic rings. The minimum Gasteiger partial charge on any atom is -0.379 e. The van der Waals surface area contributed by atoms with Crippen molar-refractivity contribution in [3.8, 4) is 0 Å². The summed E-state index contributed by atoms with van der Waals surface area (Å²) in [5.74, 6) is 4.84. The summed E-state index contributed by atoms with van der Waals surface area (Å²) in [6.45, 7) is 4.14. The zero-order valence-electron chi connectivity index (χ0n) is 7.08. The van der Waals surface area contributed by atoms with Crippen LogP contribution < -0.4 is 11.3 Å². The molecule has 0 unspecified atom stereocenters. The van der Waals surface area contributed by atoms with Crippen LogP contribution in [0.5, 0.6) is 0 Å². The largest absolute Gasteiger partial charge is 0.379 e. The highest BCUT2D eigenvalue weighted by Gasteiger charge is 2.10. The van der Waals surface area contributed by atoms with E-state index in [4.69, 9.17) is 10.6 Å². The minimum absolute atomic E-state index is 0.110. The third-order valence-electron chi connectivity index (χ3n) is 1.92. The molecular weight excluding hydrogens is 158 g/mol. The average molecular weight is 173 g/mol. The Hall–Kier alpha value is -0.650. The summed E-state index contributed by atoms with van der Waals surface area (Å²) < 4.78 is 5.17. The molecule has 12 heavy (non-hydrogen) atoms. The van der Waals surface area contributed by atoms with Crippen molar-refractivity contribution >= 4 is 5.91 Å². The molecule has 0 aromatic carbocycles. The number of carbonyl (C=O) groups is 1. The molecule has 0 aromatic rings. The fourth-order valence-corrected chi connectivity index (χ4v) is 1.16. The second-order valence-corrected chi connectivity index (χ2v) is 2.77. The molecule has 1 aliphatic heterocycles. The first-order valence-corrected chi connectivity index (χ1v) is 4.12. The van der Waals surface area contributed by atoms with E-state index in [1.54, 1.807) is 0 Å². The van der Waals surface area contributed by atoms with Crippen molar-refractivity contribution < 1.29 is 9.53 Å². The van der Waals surface area contributed by atoms with Gasteiger partial charge >= 0.3 is 0 Å². The topological polar surface area (TPSA) is 67.6 Å². The fraction of sp³-hybridized carbons (Fsp3) is 0.857. The number of rotatable bonds is 3. The summed E-state index contributed by atoms with van der Waals surface area (Å²) in [6.07, 6.45) is 0.469. The van der Waals surface area contributed by atoms with Gasteiger partial charge in [-0.2, -0.15) is 0 Å². The summed E-state index contributed by atoms with van der Waals surface area (Å²) in [5, 5.41) is 0. The van der Waals surface area contributed by atoms with Gasteiger partial charge in [0.15, 0.2) is 0 Å². The van der Waals surface area contributed by atoms with Crippen molar-refractivity contribution in [2.45, 2.75) is 6.42 Å². The van der Waals surface area contributed by atoms with E-state index in [1.807, 2.05) is 0 Å². The Morgan fingerprint density at radius 2 is 2.17 bits per heavy atom. The summed E-state index contributed by atoms with van der Waals surface area (Å²) >= 11 is 0. The van der Waals surface area contributed by atoms with E-state index in [-0.39, 0.29) is 5.91 Å². The highest BCUT2D eigenvalue weighted by atomic mass is 16.5. The molecule has 0 saturated carbocycles. The standard InChI is InChI=1S/C7H15N3O2/c8-9-7(11)1-2-10-3-5-12-6-4-10/h1-6,8H2,(H,9,11). The molecule has 0 atom stereocenters. The van der Waals surface area contributed by atoms with Crippen molar-refractivity contribution in [3.05, 3.63) is 0 Å². The van der Waals surface area contributed by atoms with E-state index in [2.05, 4.69) is 10.3 Å². The van der Waals surface area contributed by atoms with Crippen LogP contribution in [0.3, 0.4) is 0 Å². The molecule has 70 valence electrons. The highest BCUT2D eigenvalue weighted by Crippen LogP contribution is 1.97. The van der Waals surface area contributed by atoms with Crippen LogP contribution in [0, 0.1) is 0 Å². The molecule has 0 bridgehead atoms. The highest BCUT2D eigenvalue weighted by molar-refractivity contribution is 5.75. The monoisotopic (exact) mass is 173 g/mol. The molecule has 5 nitrogen and oxygen atoms in total. The van der Waals surface area contributed by atoms with E-state index in [1.165, 1.54) is 0 Å². The van der Waals surface area contributed by atoms with E-state index in [9.17, 15) is 4.79 Å². The maximum Gasteiger partial charge on any atom is 0.235 e. The van der Waals surface area contributed by atoms with Crippen LogP contribution in [0.15, 0.2) is 0 Å². The Morgan fingerprint density at radius 1 is 1.50 bits per heavy atom. The lowest BCUT2D eigenvalue weighted by molar-refractivity contribution is -0.121. The molecule has 0 aromatic heterocycles. The van der Waals surface area contributed by atoms with Gasteiger partial charge < -0.3 is 4.74 Å². The van der Waals surface area contributed by atoms with Gasteiger partial charge in [0.25, 0.3) is 0 Å². The third-order valence-corrected chi connectivity index (χ3v) is 1.92. The first-order valence-electron chi connectivity index (χ1n) is 4.12. The Bertz CT molecular complexity index is 146. The molecule has 1 amide bonds. The zero-order valence-corrected chi connectivity index (χ0v) is 7.08. The number of morpholine rings is 1. The third kappa shape index (κ3) is 3.17. The molecule has 5 heteroatoms. The summed E-state index contributed by atoms with van der Waals surface area (Å²) in [6, 6.07) is 0. The summed E-state index contributed by atoms with van der Waals surface area (Å²) in [7, 11) is 0. The van der Waals surface area contributed by atoms with Crippen LogP contribution in [0.1, 0.15) is 6.42 Å². The number of hydrogen-bond acceptors (Lipinski definition) is 4. The SMILES string of the molecule is NNC(=O)CCN1CCOCC1. The number of carbonyl (C=O) groups excluding carboxylic acids is 1. The van der Waals surface area contributed by atoms with Crippen LogP contribution in [0.25, 0.3) is 0 Å². The van der Waals surface area contributed by atoms with Gasteiger partial charge in [-0.3, -0.25) is 15.1 Å². The number of nitrogens with zero attached hydrogens (tertiary/aromatic N) is 1. The van der Waals surface area contributed by atoms with Crippen molar-refractivity contribution in [1.82, 2.24) is 10.3 Å². The van der Waals surface area contributed by atoms with Gasteiger partial charge in [-0.25, -0.2) is 5.84 Å². The van der Waals surface area contributed by atoms with Crippen LogP contribution in [0.2, 0.25) is 0 Å². The molecule has 1 rings (SSSR count). The van der Waals surface area contributed by atoms with Gasteiger partial charge in [0.05, 0.1) is 13.2 Å². The average Bonchev–Trinajstić information content (AvgIpc) is 2.16. The Morgan fingerprint density at radius 3 is 2.75 bits per heavy atom. The molecule has 3 N–H and O–H groups in total. The Labute approximate surface area is 71.8 Å². The quantitative estimate of drug-likeness (QED) is 0.316. The van der Waals surface area contributed by atoms with Gasteiger partial charge in [0.1, 0.15) is 0 Å². The predicted octanol–water partition coefficient (Wildman–Crippen LogP) is -1.30. The normalized spacial score (nSPS) is 19.1. The molecule has 0 spiro atoms. The second-order valence-electron chi connectivity index (χ2n) is 2.77. The van der Waals surface area contributed by atoms with Gasteiger partial charge in [0.2, 0.25) is 5.91 Å². The molecule has 1 saturated heterocycles. The fourth-order valence-electron chi connectivity index (χ4n) is 1.16. The Balaban J connectivity index is 2.09. The first-order chi connectivity index (χ1) is 5.83. The number of hydrazine groups is 1. The lowest BCUT2D eigenvalue weighted by atomic mass is 10.3. The lowest BCUT2D eigenvalue weighted by Crippen LogP contribution is -2.39. The van der Waals surface area contributed by atoms with Crippen LogP contribution in [0.4, 0.5) is 0 Å². The smallest absolute Gasteiger partial charge is 0.235 e. The van der Waals surface area contributed by atoms with Crippen LogP contribution in [-0.2, 0) is 9.53 Å². The number of amides is 1. The minimum atomic E-state index is -0.110. The molecular formula is C7H15N3O2. The van der Waals surface area contributed by atoms with E-state index < -0.39 is 0 Å². The number of hydrogen-bond donors (Lipinski definition) is 2. The Kier molecular flexibility index (Phi) is 3.99. The van der Waals surface area contributed by atoms with Crippen molar-refractivity contribution in [1.29, 1.82) is 0 Å². The molecule has 0 aliphatic carbocycles. The van der Waals surface area contributed by atoms with Crippen molar-refractivity contribution in [2.24, 2.45) is 5.84 Å². The van der Waals surface area contributed by atoms with Crippen molar-refractivity contribution in [2.75, 3.05) is 32.8 Å².